The largest absolute Gasteiger partial charge is 0.269 e. The average molecular weight is 324 g/mol. The van der Waals surface area contributed by atoms with Crippen LogP contribution in [0.3, 0.4) is 0 Å². The van der Waals surface area contributed by atoms with Crippen LogP contribution >= 0.6 is 11.3 Å². The van der Waals surface area contributed by atoms with Crippen LogP contribution in [0.15, 0.2) is 60.0 Å². The van der Waals surface area contributed by atoms with Crippen molar-refractivity contribution < 1.29 is 4.92 Å². The minimum absolute atomic E-state index is 0.126. The lowest BCUT2D eigenvalue weighted by Gasteiger charge is -2.08. The highest BCUT2D eigenvalue weighted by Gasteiger charge is 2.13. The molecule has 0 aliphatic carbocycles. The lowest BCUT2D eigenvalue weighted by atomic mass is 9.98. The summed E-state index contributed by atoms with van der Waals surface area (Å²) in [5.74, 6) is 0.269. The topological polar surface area (TPSA) is 56.0 Å². The molecule has 0 bridgehead atoms. The van der Waals surface area contributed by atoms with Crippen LogP contribution in [-0.2, 0) is 6.42 Å². The van der Waals surface area contributed by atoms with Crippen LogP contribution in [0.5, 0.6) is 0 Å². The number of hydrogen-bond donors (Lipinski definition) is 0. The summed E-state index contributed by atoms with van der Waals surface area (Å²) in [6.07, 6.45) is 0.815. The molecule has 0 aliphatic heterocycles. The van der Waals surface area contributed by atoms with Gasteiger partial charge in [0.05, 0.1) is 10.6 Å². The highest BCUT2D eigenvalue weighted by atomic mass is 32.1. The van der Waals surface area contributed by atoms with E-state index in [1.807, 2.05) is 30.3 Å². The van der Waals surface area contributed by atoms with Gasteiger partial charge in [-0.2, -0.15) is 0 Å². The van der Waals surface area contributed by atoms with Gasteiger partial charge in [-0.05, 0) is 12.0 Å². The van der Waals surface area contributed by atoms with Crippen molar-refractivity contribution in [1.29, 1.82) is 0 Å². The Labute approximate surface area is 138 Å². The Kier molecular flexibility index (Phi) is 4.48. The van der Waals surface area contributed by atoms with Gasteiger partial charge in [0.1, 0.15) is 5.01 Å². The van der Waals surface area contributed by atoms with Gasteiger partial charge in [-0.25, -0.2) is 4.98 Å². The fraction of sp³-hybridized carbons (Fsp3) is 0.167. The molecule has 116 valence electrons. The molecule has 4 nitrogen and oxygen atoms in total. The summed E-state index contributed by atoms with van der Waals surface area (Å²) >= 11 is 1.65. The van der Waals surface area contributed by atoms with Crippen molar-refractivity contribution in [2.75, 3.05) is 0 Å². The van der Waals surface area contributed by atoms with Crippen molar-refractivity contribution in [3.8, 4) is 10.6 Å². The van der Waals surface area contributed by atoms with Crippen molar-refractivity contribution >= 4 is 17.0 Å². The predicted octanol–water partition coefficient (Wildman–Crippen LogP) is 5.06. The number of nitrogens with zero attached hydrogens (tertiary/aromatic N) is 2. The molecule has 1 atom stereocenters. The number of benzene rings is 2. The smallest absolute Gasteiger partial charge is 0.258 e. The van der Waals surface area contributed by atoms with Gasteiger partial charge in [-0.3, -0.25) is 10.1 Å². The average Bonchev–Trinajstić information content (AvgIpc) is 3.06. The van der Waals surface area contributed by atoms with Crippen molar-refractivity contribution in [2.45, 2.75) is 19.3 Å². The van der Waals surface area contributed by atoms with E-state index >= 15 is 0 Å². The number of thiazole rings is 1. The van der Waals surface area contributed by atoms with Crippen LogP contribution in [0.1, 0.15) is 24.1 Å². The van der Waals surface area contributed by atoms with Gasteiger partial charge < -0.3 is 0 Å². The number of aromatic nitrogens is 1. The minimum Gasteiger partial charge on any atom is -0.258 e. The van der Waals surface area contributed by atoms with E-state index < -0.39 is 0 Å². The Bertz CT molecular complexity index is 797. The Morgan fingerprint density at radius 3 is 2.48 bits per heavy atom. The zero-order valence-corrected chi connectivity index (χ0v) is 13.5. The third-order valence-electron chi connectivity index (χ3n) is 3.74. The van der Waals surface area contributed by atoms with E-state index in [2.05, 4.69) is 24.4 Å². The lowest BCUT2D eigenvalue weighted by Crippen LogP contribution is -1.99. The molecule has 0 spiro atoms. The van der Waals surface area contributed by atoms with Crippen LogP contribution in [0.25, 0.3) is 10.6 Å². The highest BCUT2D eigenvalue weighted by Crippen LogP contribution is 2.28. The summed E-state index contributed by atoms with van der Waals surface area (Å²) in [4.78, 5) is 15.0. The number of nitro benzene ring substituents is 1. The molecule has 0 saturated heterocycles. The number of hydrogen-bond acceptors (Lipinski definition) is 4. The van der Waals surface area contributed by atoms with Gasteiger partial charge in [0.25, 0.3) is 5.69 Å². The van der Waals surface area contributed by atoms with Gasteiger partial charge in [0, 0.05) is 29.0 Å². The maximum Gasteiger partial charge on any atom is 0.269 e. The molecule has 0 radical (unpaired) electrons. The molecular weight excluding hydrogens is 308 g/mol. The molecule has 0 aliphatic rings. The second kappa shape index (κ2) is 6.71. The first-order valence-corrected chi connectivity index (χ1v) is 8.25. The molecule has 3 rings (SSSR count). The highest BCUT2D eigenvalue weighted by molar-refractivity contribution is 7.13. The van der Waals surface area contributed by atoms with Gasteiger partial charge in [-0.1, -0.05) is 49.4 Å². The predicted molar refractivity (Wildman–Crippen MR) is 92.8 cm³/mol. The molecule has 0 amide bonds. The van der Waals surface area contributed by atoms with Gasteiger partial charge in [0.15, 0.2) is 0 Å². The summed E-state index contributed by atoms with van der Waals surface area (Å²) in [7, 11) is 0. The third kappa shape index (κ3) is 3.63. The number of non-ortho nitro benzene ring substituents is 1. The molecule has 0 N–H and O–H groups in total. The van der Waals surface area contributed by atoms with E-state index in [0.717, 1.165) is 28.2 Å². The fourth-order valence-corrected chi connectivity index (χ4v) is 3.39. The SMILES string of the molecule is C[C@@H](Cc1ccc([N+](=O)[O-])cc1)c1csc(-c2ccccc2)n1. The van der Waals surface area contributed by atoms with Crippen LogP contribution in [0.2, 0.25) is 0 Å². The number of rotatable bonds is 5. The van der Waals surface area contributed by atoms with Gasteiger partial charge in [0.2, 0.25) is 0 Å². The zero-order chi connectivity index (χ0) is 16.2. The van der Waals surface area contributed by atoms with E-state index in [1.165, 1.54) is 0 Å². The summed E-state index contributed by atoms with van der Waals surface area (Å²) in [5, 5.41) is 13.8. The molecule has 1 aromatic heterocycles. The first-order valence-electron chi connectivity index (χ1n) is 7.37. The van der Waals surface area contributed by atoms with Crippen molar-refractivity contribution in [3.05, 3.63) is 81.3 Å². The van der Waals surface area contributed by atoms with Crippen LogP contribution in [-0.4, -0.2) is 9.91 Å². The Morgan fingerprint density at radius 1 is 1.13 bits per heavy atom. The zero-order valence-electron chi connectivity index (χ0n) is 12.7. The molecule has 23 heavy (non-hydrogen) atoms. The van der Waals surface area contributed by atoms with Crippen LogP contribution < -0.4 is 0 Å². The molecule has 5 heteroatoms. The van der Waals surface area contributed by atoms with Gasteiger partial charge >= 0.3 is 0 Å². The fourth-order valence-electron chi connectivity index (χ4n) is 2.44. The summed E-state index contributed by atoms with van der Waals surface area (Å²) in [5.41, 5.74) is 3.40. The van der Waals surface area contributed by atoms with E-state index in [0.29, 0.717) is 0 Å². The molecule has 0 fully saturated rings. The lowest BCUT2D eigenvalue weighted by molar-refractivity contribution is -0.384. The summed E-state index contributed by atoms with van der Waals surface area (Å²) < 4.78 is 0. The second-order valence-corrected chi connectivity index (χ2v) is 6.33. The molecule has 2 aromatic carbocycles. The van der Waals surface area contributed by atoms with E-state index in [1.54, 1.807) is 23.5 Å². The van der Waals surface area contributed by atoms with Crippen LogP contribution in [0.4, 0.5) is 5.69 Å². The van der Waals surface area contributed by atoms with Crippen molar-refractivity contribution in [2.24, 2.45) is 0 Å². The molecule has 3 aromatic rings. The van der Waals surface area contributed by atoms with Crippen LogP contribution in [0, 0.1) is 10.1 Å². The summed E-state index contributed by atoms with van der Waals surface area (Å²) in [6.45, 7) is 2.13. The first-order chi connectivity index (χ1) is 11.1. The quantitative estimate of drug-likeness (QED) is 0.486. The first kappa shape index (κ1) is 15.4. The van der Waals surface area contributed by atoms with E-state index in [-0.39, 0.29) is 16.5 Å². The molecule has 0 saturated carbocycles. The van der Waals surface area contributed by atoms with E-state index in [4.69, 9.17) is 4.98 Å². The van der Waals surface area contributed by atoms with Crippen molar-refractivity contribution in [1.82, 2.24) is 4.98 Å². The van der Waals surface area contributed by atoms with Crippen molar-refractivity contribution in [3.63, 3.8) is 0 Å². The monoisotopic (exact) mass is 324 g/mol. The molecular formula is C18H16N2O2S. The van der Waals surface area contributed by atoms with Gasteiger partial charge in [-0.15, -0.1) is 11.3 Å². The third-order valence-corrected chi connectivity index (χ3v) is 4.65. The standard InChI is InChI=1S/C18H16N2O2S/c1-13(11-14-7-9-16(10-8-14)20(21)22)17-12-23-18(19-17)15-5-3-2-4-6-15/h2-10,12-13H,11H2,1H3/t13-/m0/s1. The Balaban J connectivity index is 1.72. The molecule has 1 heterocycles. The molecule has 0 unspecified atom stereocenters. The second-order valence-electron chi connectivity index (χ2n) is 5.47. The normalized spacial score (nSPS) is 12.0. The van der Waals surface area contributed by atoms with E-state index in [9.17, 15) is 10.1 Å². The Hall–Kier alpha value is -2.53. The maximum atomic E-state index is 10.7. The maximum absolute atomic E-state index is 10.7. The minimum atomic E-state index is -0.375. The number of nitro groups is 1. The Morgan fingerprint density at radius 2 is 1.83 bits per heavy atom. The summed E-state index contributed by atoms with van der Waals surface area (Å²) in [6, 6.07) is 16.9.